The number of anilines is 1. The fourth-order valence-electron chi connectivity index (χ4n) is 1.84. The molecule has 1 aromatic rings. The molecule has 0 unspecified atom stereocenters. The molecule has 0 saturated heterocycles. The van der Waals surface area contributed by atoms with Crippen LogP contribution >= 0.6 is 0 Å². The highest BCUT2D eigenvalue weighted by atomic mass is 16.5. The zero-order chi connectivity index (χ0) is 17.5. The second-order valence-corrected chi connectivity index (χ2v) is 4.82. The van der Waals surface area contributed by atoms with E-state index >= 15 is 0 Å². The molecule has 1 aromatic heterocycles. The molecule has 8 heteroatoms. The maximum absolute atomic E-state index is 9.00. The Labute approximate surface area is 143 Å². The zero-order valence-corrected chi connectivity index (χ0v) is 14.3. The molecule has 0 aromatic carbocycles. The van der Waals surface area contributed by atoms with Crippen molar-refractivity contribution in [1.82, 2.24) is 15.6 Å². The lowest BCUT2D eigenvalue weighted by atomic mass is 10.3. The Morgan fingerprint density at radius 3 is 2.83 bits per heavy atom. The van der Waals surface area contributed by atoms with Crippen molar-refractivity contribution in [3.05, 3.63) is 23.9 Å². The standard InChI is InChI=1S/C16H26N6O2/c1-18-16(21-7-4-10-24-12-11-23-2)22-9-8-20-15-14(13-17)5-3-6-19-15/h3,5-6H,4,7-12H2,1-2H3,(H,19,20)(H2,18,21,22). The highest BCUT2D eigenvalue weighted by Gasteiger charge is 2.01. The van der Waals surface area contributed by atoms with E-state index in [-0.39, 0.29) is 0 Å². The summed E-state index contributed by atoms with van der Waals surface area (Å²) >= 11 is 0. The van der Waals surface area contributed by atoms with Crippen LogP contribution in [0.2, 0.25) is 0 Å². The van der Waals surface area contributed by atoms with Crippen LogP contribution < -0.4 is 16.0 Å². The van der Waals surface area contributed by atoms with Gasteiger partial charge in [-0.1, -0.05) is 0 Å². The molecule has 0 aliphatic rings. The number of aromatic nitrogens is 1. The van der Waals surface area contributed by atoms with Gasteiger partial charge < -0.3 is 25.4 Å². The van der Waals surface area contributed by atoms with Crippen LogP contribution in [-0.2, 0) is 9.47 Å². The van der Waals surface area contributed by atoms with E-state index in [2.05, 4.69) is 32.0 Å². The van der Waals surface area contributed by atoms with Crippen LogP contribution in [0, 0.1) is 11.3 Å². The summed E-state index contributed by atoms with van der Waals surface area (Å²) in [7, 11) is 3.38. The Hall–Kier alpha value is -2.37. The number of pyridine rings is 1. The lowest BCUT2D eigenvalue weighted by Gasteiger charge is -2.13. The molecule has 0 fully saturated rings. The minimum absolute atomic E-state index is 0.536. The van der Waals surface area contributed by atoms with Gasteiger partial charge in [0.2, 0.25) is 0 Å². The number of rotatable bonds is 11. The topological polar surface area (TPSA) is 104 Å². The van der Waals surface area contributed by atoms with Gasteiger partial charge in [-0.05, 0) is 18.6 Å². The van der Waals surface area contributed by atoms with Gasteiger partial charge >= 0.3 is 0 Å². The van der Waals surface area contributed by atoms with Gasteiger partial charge in [0.15, 0.2) is 5.96 Å². The Balaban J connectivity index is 2.13. The summed E-state index contributed by atoms with van der Waals surface area (Å²) in [5.41, 5.74) is 0.536. The third kappa shape index (κ3) is 8.31. The van der Waals surface area contributed by atoms with Crippen LogP contribution in [0.5, 0.6) is 0 Å². The summed E-state index contributed by atoms with van der Waals surface area (Å²) in [6.45, 7) is 3.99. The van der Waals surface area contributed by atoms with Gasteiger partial charge in [0, 0.05) is 46.6 Å². The van der Waals surface area contributed by atoms with E-state index in [1.807, 2.05) is 0 Å². The summed E-state index contributed by atoms with van der Waals surface area (Å²) in [5, 5.41) is 18.5. The van der Waals surface area contributed by atoms with Crippen molar-refractivity contribution in [2.75, 3.05) is 58.9 Å². The van der Waals surface area contributed by atoms with E-state index < -0.39 is 0 Å². The van der Waals surface area contributed by atoms with E-state index in [0.717, 1.165) is 18.9 Å². The molecule has 0 spiro atoms. The summed E-state index contributed by atoms with van der Waals surface area (Å²) in [5.74, 6) is 1.33. The number of nitriles is 1. The van der Waals surface area contributed by atoms with Gasteiger partial charge in [0.25, 0.3) is 0 Å². The van der Waals surface area contributed by atoms with Gasteiger partial charge in [0.05, 0.1) is 18.8 Å². The van der Waals surface area contributed by atoms with Crippen LogP contribution in [0.25, 0.3) is 0 Å². The van der Waals surface area contributed by atoms with Crippen LogP contribution in [-0.4, -0.2) is 64.6 Å². The fraction of sp³-hybridized carbons (Fsp3) is 0.562. The number of nitrogens with one attached hydrogen (secondary N) is 3. The monoisotopic (exact) mass is 334 g/mol. The molecule has 3 N–H and O–H groups in total. The van der Waals surface area contributed by atoms with E-state index in [0.29, 0.717) is 44.3 Å². The molecule has 0 saturated carbocycles. The van der Waals surface area contributed by atoms with Crippen LogP contribution in [0.15, 0.2) is 23.3 Å². The minimum atomic E-state index is 0.536. The third-order valence-electron chi connectivity index (χ3n) is 3.05. The molecule has 1 rings (SSSR count). The first-order valence-electron chi connectivity index (χ1n) is 7.92. The fourth-order valence-corrected chi connectivity index (χ4v) is 1.84. The Bertz CT molecular complexity index is 530. The molecule has 24 heavy (non-hydrogen) atoms. The van der Waals surface area contributed by atoms with E-state index in [1.165, 1.54) is 0 Å². The largest absolute Gasteiger partial charge is 0.382 e. The Morgan fingerprint density at radius 1 is 1.25 bits per heavy atom. The van der Waals surface area contributed by atoms with Crippen molar-refractivity contribution in [2.24, 2.45) is 4.99 Å². The van der Waals surface area contributed by atoms with E-state index in [4.69, 9.17) is 14.7 Å². The molecular formula is C16H26N6O2. The lowest BCUT2D eigenvalue weighted by Crippen LogP contribution is -2.40. The summed E-state index contributed by atoms with van der Waals surface area (Å²) in [6.07, 6.45) is 2.55. The van der Waals surface area contributed by atoms with Gasteiger partial charge in [-0.25, -0.2) is 4.98 Å². The highest BCUT2D eigenvalue weighted by Crippen LogP contribution is 2.08. The van der Waals surface area contributed by atoms with Gasteiger partial charge in [-0.3, -0.25) is 4.99 Å². The molecule has 132 valence electrons. The number of ether oxygens (including phenoxy) is 2. The highest BCUT2D eigenvalue weighted by molar-refractivity contribution is 5.79. The summed E-state index contributed by atoms with van der Waals surface area (Å²) in [6, 6.07) is 5.58. The van der Waals surface area contributed by atoms with Gasteiger partial charge in [0.1, 0.15) is 11.9 Å². The van der Waals surface area contributed by atoms with Crippen molar-refractivity contribution in [3.8, 4) is 6.07 Å². The molecule has 0 radical (unpaired) electrons. The predicted molar refractivity (Wildman–Crippen MR) is 94.1 cm³/mol. The zero-order valence-electron chi connectivity index (χ0n) is 14.3. The van der Waals surface area contributed by atoms with Gasteiger partial charge in [-0.2, -0.15) is 5.26 Å². The molecule has 0 bridgehead atoms. The van der Waals surface area contributed by atoms with Crippen molar-refractivity contribution in [2.45, 2.75) is 6.42 Å². The molecule has 0 aliphatic carbocycles. The van der Waals surface area contributed by atoms with E-state index in [1.54, 1.807) is 32.5 Å². The van der Waals surface area contributed by atoms with Crippen LogP contribution in [0.4, 0.5) is 5.82 Å². The number of aliphatic imine (C=N–C) groups is 1. The predicted octanol–water partition coefficient (Wildman–Crippen LogP) is 0.583. The third-order valence-corrected chi connectivity index (χ3v) is 3.05. The average Bonchev–Trinajstić information content (AvgIpc) is 2.63. The van der Waals surface area contributed by atoms with Crippen LogP contribution in [0.1, 0.15) is 12.0 Å². The first-order chi connectivity index (χ1) is 11.8. The molecule has 0 aliphatic heterocycles. The first kappa shape index (κ1) is 19.7. The molecule has 0 amide bonds. The lowest BCUT2D eigenvalue weighted by molar-refractivity contribution is 0.0698. The number of hydrogen-bond donors (Lipinski definition) is 3. The average molecular weight is 334 g/mol. The van der Waals surface area contributed by atoms with Crippen molar-refractivity contribution < 1.29 is 9.47 Å². The SMILES string of the molecule is CN=C(NCCCOCCOC)NCCNc1ncccc1C#N. The maximum atomic E-state index is 9.00. The summed E-state index contributed by atoms with van der Waals surface area (Å²) in [4.78, 5) is 8.30. The minimum Gasteiger partial charge on any atom is -0.382 e. The first-order valence-corrected chi connectivity index (χ1v) is 7.92. The Morgan fingerprint density at radius 2 is 2.08 bits per heavy atom. The second-order valence-electron chi connectivity index (χ2n) is 4.82. The quantitative estimate of drug-likeness (QED) is 0.309. The van der Waals surface area contributed by atoms with Crippen molar-refractivity contribution >= 4 is 11.8 Å². The van der Waals surface area contributed by atoms with Crippen molar-refractivity contribution in [1.29, 1.82) is 5.26 Å². The van der Waals surface area contributed by atoms with E-state index in [9.17, 15) is 0 Å². The number of methoxy groups -OCH3 is 1. The molecule has 0 atom stereocenters. The normalized spacial score (nSPS) is 11.0. The van der Waals surface area contributed by atoms with Gasteiger partial charge in [-0.15, -0.1) is 0 Å². The molecular weight excluding hydrogens is 308 g/mol. The summed E-state index contributed by atoms with van der Waals surface area (Å²) < 4.78 is 10.3. The molecule has 8 nitrogen and oxygen atoms in total. The number of hydrogen-bond acceptors (Lipinski definition) is 6. The smallest absolute Gasteiger partial charge is 0.191 e. The molecule has 1 heterocycles. The Kier molecular flexibility index (Phi) is 10.7. The number of nitrogens with zero attached hydrogens (tertiary/aromatic N) is 3. The van der Waals surface area contributed by atoms with Crippen LogP contribution in [0.3, 0.4) is 0 Å². The maximum Gasteiger partial charge on any atom is 0.191 e. The number of guanidine groups is 1. The second kappa shape index (κ2) is 13.1. The van der Waals surface area contributed by atoms with Crippen molar-refractivity contribution in [3.63, 3.8) is 0 Å².